The maximum atomic E-state index is 3.74. The summed E-state index contributed by atoms with van der Waals surface area (Å²) in [6, 6.07) is 0.771. The van der Waals surface area contributed by atoms with Gasteiger partial charge in [0.15, 0.2) is 0 Å². The molecule has 1 N–H and O–H groups in total. The molecule has 1 unspecified atom stereocenters. The second-order valence-corrected chi connectivity index (χ2v) is 6.80. The zero-order valence-electron chi connectivity index (χ0n) is 11.3. The summed E-state index contributed by atoms with van der Waals surface area (Å²) >= 11 is 2.14. The van der Waals surface area contributed by atoms with Crippen LogP contribution in [0.3, 0.4) is 0 Å². The van der Waals surface area contributed by atoms with Gasteiger partial charge < -0.3 is 5.32 Å². The molecule has 1 fully saturated rings. The maximum Gasteiger partial charge on any atom is 0.00721 e. The normalized spacial score (nSPS) is 20.2. The molecule has 0 spiro atoms. The van der Waals surface area contributed by atoms with E-state index < -0.39 is 0 Å². The molecule has 0 saturated carbocycles. The van der Waals surface area contributed by atoms with Crippen LogP contribution in [0.25, 0.3) is 0 Å². The molecule has 1 aliphatic heterocycles. The predicted molar refractivity (Wildman–Crippen MR) is 76.2 cm³/mol. The molecular weight excluding hydrogens is 214 g/mol. The van der Waals surface area contributed by atoms with Crippen LogP contribution in [0, 0.1) is 11.8 Å². The summed E-state index contributed by atoms with van der Waals surface area (Å²) in [4.78, 5) is 0. The third kappa shape index (κ3) is 6.15. The van der Waals surface area contributed by atoms with Gasteiger partial charge in [0.05, 0.1) is 0 Å². The Kier molecular flexibility index (Phi) is 7.55. The molecule has 16 heavy (non-hydrogen) atoms. The predicted octanol–water partition coefficient (Wildman–Crippen LogP) is 3.93. The van der Waals surface area contributed by atoms with Crippen LogP contribution < -0.4 is 5.32 Å². The Hall–Kier alpha value is 0.310. The molecular formula is C14H29NS. The van der Waals surface area contributed by atoms with E-state index in [1.54, 1.807) is 0 Å². The fourth-order valence-corrected chi connectivity index (χ4v) is 3.77. The zero-order valence-corrected chi connectivity index (χ0v) is 12.1. The first kappa shape index (κ1) is 14.4. The molecule has 1 atom stereocenters. The number of nitrogens with one attached hydrogen (secondary N) is 1. The number of rotatable bonds is 7. The first-order valence-electron chi connectivity index (χ1n) is 7.03. The van der Waals surface area contributed by atoms with Gasteiger partial charge in [0, 0.05) is 6.04 Å². The van der Waals surface area contributed by atoms with Gasteiger partial charge in [-0.3, -0.25) is 0 Å². The fraction of sp³-hybridized carbons (Fsp3) is 1.00. The van der Waals surface area contributed by atoms with E-state index in [9.17, 15) is 0 Å². The average molecular weight is 243 g/mol. The van der Waals surface area contributed by atoms with Gasteiger partial charge in [-0.05, 0) is 62.0 Å². The zero-order chi connectivity index (χ0) is 11.8. The van der Waals surface area contributed by atoms with Crippen LogP contribution in [0.5, 0.6) is 0 Å². The van der Waals surface area contributed by atoms with Gasteiger partial charge in [-0.1, -0.05) is 20.8 Å². The lowest BCUT2D eigenvalue weighted by molar-refractivity contribution is 0.326. The van der Waals surface area contributed by atoms with E-state index >= 15 is 0 Å². The Balaban J connectivity index is 2.28. The third-order valence-corrected chi connectivity index (χ3v) is 4.45. The molecule has 96 valence electrons. The van der Waals surface area contributed by atoms with Gasteiger partial charge in [-0.15, -0.1) is 0 Å². The highest BCUT2D eigenvalue weighted by atomic mass is 32.2. The van der Waals surface area contributed by atoms with E-state index in [-0.39, 0.29) is 0 Å². The van der Waals surface area contributed by atoms with Gasteiger partial charge >= 0.3 is 0 Å². The van der Waals surface area contributed by atoms with E-state index in [0.29, 0.717) is 0 Å². The van der Waals surface area contributed by atoms with Crippen molar-refractivity contribution in [3.05, 3.63) is 0 Å². The molecule has 0 aromatic heterocycles. The summed E-state index contributed by atoms with van der Waals surface area (Å²) in [5, 5.41) is 3.74. The van der Waals surface area contributed by atoms with Crippen LogP contribution in [0.15, 0.2) is 0 Å². The molecule has 0 aliphatic carbocycles. The smallest absolute Gasteiger partial charge is 0.00721 e. The molecule has 2 heteroatoms. The Labute approximate surface area is 106 Å². The minimum Gasteiger partial charge on any atom is -0.314 e. The maximum absolute atomic E-state index is 3.74. The molecule has 1 saturated heterocycles. The van der Waals surface area contributed by atoms with Crippen molar-refractivity contribution >= 4 is 11.8 Å². The minimum atomic E-state index is 0.771. The van der Waals surface area contributed by atoms with Crippen LogP contribution in [-0.4, -0.2) is 24.1 Å². The SMILES string of the molecule is CCCNC(CC(C)C)CC1CCSCC1. The summed E-state index contributed by atoms with van der Waals surface area (Å²) in [6.07, 6.45) is 6.93. The minimum absolute atomic E-state index is 0.771. The topological polar surface area (TPSA) is 12.0 Å². The molecule has 1 aliphatic rings. The highest BCUT2D eigenvalue weighted by molar-refractivity contribution is 7.99. The summed E-state index contributed by atoms with van der Waals surface area (Å²) in [5.74, 6) is 4.61. The van der Waals surface area contributed by atoms with Gasteiger partial charge in [0.25, 0.3) is 0 Å². The Morgan fingerprint density at radius 2 is 1.94 bits per heavy atom. The van der Waals surface area contributed by atoms with Gasteiger partial charge in [-0.2, -0.15) is 11.8 Å². The molecule has 0 radical (unpaired) electrons. The largest absolute Gasteiger partial charge is 0.314 e. The number of hydrogen-bond donors (Lipinski definition) is 1. The first-order chi connectivity index (χ1) is 7.72. The second kappa shape index (κ2) is 8.41. The van der Waals surface area contributed by atoms with Crippen molar-refractivity contribution in [1.82, 2.24) is 5.32 Å². The van der Waals surface area contributed by atoms with Crippen molar-refractivity contribution in [3.63, 3.8) is 0 Å². The van der Waals surface area contributed by atoms with Crippen LogP contribution in [-0.2, 0) is 0 Å². The van der Waals surface area contributed by atoms with E-state index in [1.165, 1.54) is 50.2 Å². The third-order valence-electron chi connectivity index (χ3n) is 3.40. The monoisotopic (exact) mass is 243 g/mol. The van der Waals surface area contributed by atoms with E-state index in [0.717, 1.165) is 17.9 Å². The van der Waals surface area contributed by atoms with E-state index in [2.05, 4.69) is 37.8 Å². The molecule has 1 rings (SSSR count). The number of thioether (sulfide) groups is 1. The van der Waals surface area contributed by atoms with Crippen molar-refractivity contribution in [2.45, 2.75) is 58.9 Å². The van der Waals surface area contributed by atoms with Crippen LogP contribution in [0.4, 0.5) is 0 Å². The molecule has 1 heterocycles. The van der Waals surface area contributed by atoms with Crippen LogP contribution >= 0.6 is 11.8 Å². The fourth-order valence-electron chi connectivity index (χ4n) is 2.56. The van der Waals surface area contributed by atoms with Crippen LogP contribution in [0.2, 0.25) is 0 Å². The van der Waals surface area contributed by atoms with Crippen molar-refractivity contribution in [3.8, 4) is 0 Å². The lowest BCUT2D eigenvalue weighted by Gasteiger charge is -2.28. The molecule has 0 aromatic rings. The number of hydrogen-bond acceptors (Lipinski definition) is 2. The van der Waals surface area contributed by atoms with Crippen LogP contribution in [0.1, 0.15) is 52.9 Å². The molecule has 0 amide bonds. The van der Waals surface area contributed by atoms with Gasteiger partial charge in [0.1, 0.15) is 0 Å². The lowest BCUT2D eigenvalue weighted by atomic mass is 9.90. The highest BCUT2D eigenvalue weighted by Crippen LogP contribution is 2.27. The standard InChI is InChI=1S/C14H29NS/c1-4-7-15-14(10-12(2)3)11-13-5-8-16-9-6-13/h12-15H,4-11H2,1-3H3. The summed E-state index contributed by atoms with van der Waals surface area (Å²) in [6.45, 7) is 8.14. The Morgan fingerprint density at radius 1 is 1.25 bits per heavy atom. The average Bonchev–Trinajstić information content (AvgIpc) is 2.26. The molecule has 0 aromatic carbocycles. The summed E-state index contributed by atoms with van der Waals surface area (Å²) in [5.41, 5.74) is 0. The van der Waals surface area contributed by atoms with Crippen molar-refractivity contribution in [1.29, 1.82) is 0 Å². The first-order valence-corrected chi connectivity index (χ1v) is 8.19. The molecule has 0 bridgehead atoms. The van der Waals surface area contributed by atoms with Crippen molar-refractivity contribution < 1.29 is 0 Å². The van der Waals surface area contributed by atoms with Gasteiger partial charge in [-0.25, -0.2) is 0 Å². The Bertz CT molecular complexity index is 164. The Morgan fingerprint density at radius 3 is 2.50 bits per heavy atom. The highest BCUT2D eigenvalue weighted by Gasteiger charge is 2.19. The van der Waals surface area contributed by atoms with E-state index in [4.69, 9.17) is 0 Å². The van der Waals surface area contributed by atoms with E-state index in [1.807, 2.05) is 0 Å². The van der Waals surface area contributed by atoms with Crippen molar-refractivity contribution in [2.75, 3.05) is 18.1 Å². The summed E-state index contributed by atoms with van der Waals surface area (Å²) < 4.78 is 0. The second-order valence-electron chi connectivity index (χ2n) is 5.57. The summed E-state index contributed by atoms with van der Waals surface area (Å²) in [7, 11) is 0. The molecule has 1 nitrogen and oxygen atoms in total. The van der Waals surface area contributed by atoms with Gasteiger partial charge in [0.2, 0.25) is 0 Å². The van der Waals surface area contributed by atoms with Crippen molar-refractivity contribution in [2.24, 2.45) is 11.8 Å². The quantitative estimate of drug-likeness (QED) is 0.727. The lowest BCUT2D eigenvalue weighted by Crippen LogP contribution is -2.33.